The summed E-state index contributed by atoms with van der Waals surface area (Å²) in [4.78, 5) is 3.69. The van der Waals surface area contributed by atoms with Gasteiger partial charge in [0, 0.05) is 22.7 Å². The van der Waals surface area contributed by atoms with Gasteiger partial charge < -0.3 is 5.73 Å². The lowest BCUT2D eigenvalue weighted by Gasteiger charge is -2.32. The molecule has 0 aliphatic rings. The Morgan fingerprint density at radius 3 is 1.89 bits per heavy atom. The summed E-state index contributed by atoms with van der Waals surface area (Å²) in [6.07, 6.45) is -0.673. The smallest absolute Gasteiger partial charge is 0.280 e. The van der Waals surface area contributed by atoms with Crippen molar-refractivity contribution in [1.29, 1.82) is 0 Å². The average Bonchev–Trinajstić information content (AvgIpc) is 2.84. The number of sulfonamides is 1. The highest BCUT2D eigenvalue weighted by Crippen LogP contribution is 2.34. The Kier molecular flexibility index (Phi) is 7.76. The second-order valence-corrected chi connectivity index (χ2v) is 10.8. The number of rotatable bonds is 9. The number of aromatic nitrogens is 1. The second-order valence-electron chi connectivity index (χ2n) is 9.02. The molecule has 0 fully saturated rings. The van der Waals surface area contributed by atoms with Crippen LogP contribution in [0.15, 0.2) is 90.0 Å². The molecule has 5 nitrogen and oxygen atoms in total. The molecule has 0 saturated heterocycles. The third-order valence-electron chi connectivity index (χ3n) is 6.27. The summed E-state index contributed by atoms with van der Waals surface area (Å²) in [6.45, 7) is 2.91. The number of hydrogen-bond acceptors (Lipinski definition) is 4. The zero-order valence-electron chi connectivity index (χ0n) is 20.2. The van der Waals surface area contributed by atoms with Gasteiger partial charge in [-0.15, -0.1) is 0 Å². The molecular weight excluding hydrogens is 478 g/mol. The Bertz CT molecular complexity index is 1390. The van der Waals surface area contributed by atoms with Crippen LogP contribution in [0.4, 0.5) is 14.5 Å². The van der Waals surface area contributed by atoms with Gasteiger partial charge in [-0.2, -0.15) is 0 Å². The minimum absolute atomic E-state index is 0.0393. The van der Waals surface area contributed by atoms with Crippen molar-refractivity contribution in [2.24, 2.45) is 0 Å². The number of hydrogen-bond donors (Lipinski definition) is 1. The van der Waals surface area contributed by atoms with Crippen LogP contribution < -0.4 is 5.73 Å². The van der Waals surface area contributed by atoms with Crippen LogP contribution in [0.25, 0.3) is 10.8 Å². The van der Waals surface area contributed by atoms with E-state index in [4.69, 9.17) is 5.73 Å². The third kappa shape index (κ3) is 5.44. The number of fused-ring (bicyclic) bond motifs is 1. The predicted octanol–water partition coefficient (Wildman–Crippen LogP) is 5.55. The quantitative estimate of drug-likeness (QED) is 0.239. The summed E-state index contributed by atoms with van der Waals surface area (Å²) in [5.74, 6) is 0. The first kappa shape index (κ1) is 25.9. The third-order valence-corrected chi connectivity index (χ3v) is 8.44. The molecule has 0 atom stereocenters. The normalized spacial score (nSPS) is 11.8. The Hall–Kier alpha value is -3.23. The molecule has 3 aromatic carbocycles. The molecule has 1 heterocycles. The van der Waals surface area contributed by atoms with Gasteiger partial charge >= 0.3 is 0 Å². The van der Waals surface area contributed by atoms with Crippen LogP contribution in [-0.2, 0) is 22.7 Å². The summed E-state index contributed by atoms with van der Waals surface area (Å²) >= 11 is 0. The van der Waals surface area contributed by atoms with Crippen molar-refractivity contribution in [3.63, 3.8) is 0 Å². The largest absolute Gasteiger partial charge is 0.399 e. The summed E-state index contributed by atoms with van der Waals surface area (Å²) in [7, 11) is -4.15. The van der Waals surface area contributed by atoms with Gasteiger partial charge in [-0.1, -0.05) is 85.4 Å². The summed E-state index contributed by atoms with van der Waals surface area (Å²) in [5, 5.41) is 0.218. The zero-order chi connectivity index (χ0) is 25.9. The number of halogens is 2. The Morgan fingerprint density at radius 2 is 1.39 bits per heavy atom. The van der Waals surface area contributed by atoms with E-state index >= 15 is 0 Å². The Labute approximate surface area is 211 Å². The summed E-state index contributed by atoms with van der Waals surface area (Å²) in [5.41, 5.74) is 7.63. The maximum Gasteiger partial charge on any atom is 0.280 e. The maximum absolute atomic E-state index is 14.3. The first-order valence-corrected chi connectivity index (χ1v) is 13.2. The van der Waals surface area contributed by atoms with Crippen molar-refractivity contribution in [1.82, 2.24) is 9.11 Å². The SMILES string of the molecule is CB(Cc1ccccc1)N(B(C)Cc1ccccc1)S(=O)(=O)c1cc(N)cc2c(C(F)F)nccc12. The number of nitrogens with zero attached hydrogens (tertiary/aromatic N) is 2. The monoisotopic (exact) mass is 505 g/mol. The molecule has 10 heteroatoms. The van der Waals surface area contributed by atoms with Crippen LogP contribution in [0.1, 0.15) is 23.2 Å². The topological polar surface area (TPSA) is 76.3 Å². The number of alkyl halides is 2. The number of benzene rings is 3. The summed E-state index contributed by atoms with van der Waals surface area (Å²) in [6, 6.07) is 23.5. The second kappa shape index (κ2) is 10.8. The molecule has 0 spiro atoms. The lowest BCUT2D eigenvalue weighted by molar-refractivity contribution is 0.148. The van der Waals surface area contributed by atoms with E-state index in [2.05, 4.69) is 4.98 Å². The van der Waals surface area contributed by atoms with Crippen molar-refractivity contribution in [2.45, 2.75) is 37.6 Å². The number of pyridine rings is 1. The maximum atomic E-state index is 14.3. The highest BCUT2D eigenvalue weighted by Gasteiger charge is 2.38. The Morgan fingerprint density at radius 1 is 0.861 bits per heavy atom. The van der Waals surface area contributed by atoms with Crippen molar-refractivity contribution < 1.29 is 17.2 Å². The molecule has 1 aromatic heterocycles. The van der Waals surface area contributed by atoms with Gasteiger partial charge in [-0.25, -0.2) is 17.2 Å². The molecule has 184 valence electrons. The molecule has 0 aliphatic carbocycles. The number of nitrogen functional groups attached to an aromatic ring is 1. The lowest BCUT2D eigenvalue weighted by atomic mass is 9.48. The molecule has 0 radical (unpaired) electrons. The van der Waals surface area contributed by atoms with Crippen molar-refractivity contribution in [3.05, 3.63) is 102 Å². The molecular formula is C26H27B2F2N3O2S. The summed E-state index contributed by atoms with van der Waals surface area (Å²) < 4.78 is 57.5. The number of nitrogens with two attached hydrogens (primary N) is 1. The average molecular weight is 505 g/mol. The standard InChI is InChI=1S/C26H27B2F2N3O2S/c1-27(17-19-9-5-3-6-10-19)33(28(2)18-20-11-7-4-8-12-20)36(34,35)24-16-21(31)15-23-22(24)13-14-32-25(23)26(29)30/h3-16,26H,17-18,31H2,1-2H3. The molecule has 0 aliphatic heterocycles. The fourth-order valence-corrected chi connectivity index (χ4v) is 6.86. The van der Waals surface area contributed by atoms with Gasteiger partial charge in [-0.05, 0) is 30.8 Å². The molecule has 4 rings (SSSR count). The van der Waals surface area contributed by atoms with Crippen LogP contribution in [0.3, 0.4) is 0 Å². The van der Waals surface area contributed by atoms with Gasteiger partial charge in [0.05, 0.1) is 4.90 Å². The van der Waals surface area contributed by atoms with E-state index < -0.39 is 35.8 Å². The molecule has 0 saturated carbocycles. The molecule has 2 N–H and O–H groups in total. The van der Waals surface area contributed by atoms with E-state index in [-0.39, 0.29) is 21.4 Å². The van der Waals surface area contributed by atoms with Crippen LogP contribution in [-0.4, -0.2) is 31.2 Å². The fraction of sp³-hybridized carbons (Fsp3) is 0.192. The van der Waals surface area contributed by atoms with E-state index in [9.17, 15) is 17.2 Å². The van der Waals surface area contributed by atoms with Crippen molar-refractivity contribution >= 4 is 40.2 Å². The highest BCUT2D eigenvalue weighted by molar-refractivity contribution is 7.91. The van der Waals surface area contributed by atoms with E-state index in [0.717, 1.165) is 11.1 Å². The molecule has 0 unspecified atom stereocenters. The van der Waals surface area contributed by atoms with Gasteiger partial charge in [0.25, 0.3) is 6.43 Å². The first-order valence-electron chi connectivity index (χ1n) is 11.8. The van der Waals surface area contributed by atoms with Crippen LogP contribution in [0.5, 0.6) is 0 Å². The zero-order valence-corrected chi connectivity index (χ0v) is 21.0. The fourth-order valence-electron chi connectivity index (χ4n) is 4.79. The van der Waals surface area contributed by atoms with E-state index in [1.54, 1.807) is 0 Å². The van der Waals surface area contributed by atoms with E-state index in [0.29, 0.717) is 12.6 Å². The Balaban J connectivity index is 1.84. The predicted molar refractivity (Wildman–Crippen MR) is 144 cm³/mol. The van der Waals surface area contributed by atoms with Crippen LogP contribution in [0, 0.1) is 0 Å². The van der Waals surface area contributed by atoms with Gasteiger partial charge in [0.1, 0.15) is 5.69 Å². The first-order chi connectivity index (χ1) is 17.2. The highest BCUT2D eigenvalue weighted by atomic mass is 32.2. The van der Waals surface area contributed by atoms with E-state index in [1.807, 2.05) is 74.3 Å². The van der Waals surface area contributed by atoms with Gasteiger partial charge in [0.2, 0.25) is 23.7 Å². The van der Waals surface area contributed by atoms with Crippen LogP contribution in [0.2, 0.25) is 13.6 Å². The number of anilines is 1. The van der Waals surface area contributed by atoms with E-state index in [1.165, 1.54) is 28.5 Å². The lowest BCUT2D eigenvalue weighted by Crippen LogP contribution is -2.52. The van der Waals surface area contributed by atoms with Crippen molar-refractivity contribution in [3.8, 4) is 0 Å². The molecule has 36 heavy (non-hydrogen) atoms. The van der Waals surface area contributed by atoms with Gasteiger partial charge in [0.15, 0.2) is 0 Å². The minimum atomic E-state index is -4.15. The van der Waals surface area contributed by atoms with Crippen LogP contribution >= 0.6 is 0 Å². The van der Waals surface area contributed by atoms with Crippen molar-refractivity contribution in [2.75, 3.05) is 5.73 Å². The van der Waals surface area contributed by atoms with Gasteiger partial charge in [-0.3, -0.25) is 9.11 Å². The molecule has 4 aromatic rings. The molecule has 0 amide bonds. The molecule has 0 bridgehead atoms. The minimum Gasteiger partial charge on any atom is -0.399 e.